The molecule has 0 aliphatic heterocycles. The summed E-state index contributed by atoms with van der Waals surface area (Å²) in [5.41, 5.74) is 2.71. The molecule has 0 aliphatic rings. The van der Waals surface area contributed by atoms with Crippen LogP contribution in [0.15, 0.2) is 59.4 Å². The van der Waals surface area contributed by atoms with Crippen LogP contribution in [0.1, 0.15) is 19.4 Å². The van der Waals surface area contributed by atoms with Crippen LogP contribution in [0.3, 0.4) is 0 Å². The lowest BCUT2D eigenvalue weighted by molar-refractivity contribution is -0.841. The number of anilines is 1. The molecule has 4 rings (SSSR count). The number of aromatic nitrogens is 3. The van der Waals surface area contributed by atoms with Crippen molar-refractivity contribution in [2.45, 2.75) is 25.6 Å². The number of thiazole rings is 1. The van der Waals surface area contributed by atoms with Crippen molar-refractivity contribution in [2.75, 3.05) is 5.32 Å². The highest BCUT2D eigenvalue weighted by molar-refractivity contribution is 7.07. The number of nitrogens with zero attached hydrogens (tertiary/aromatic N) is 2. The predicted molar refractivity (Wildman–Crippen MR) is 119 cm³/mol. The molecular weight excluding hydrogens is 471 g/mol. The summed E-state index contributed by atoms with van der Waals surface area (Å²) in [4.78, 5) is 35.8. The van der Waals surface area contributed by atoms with Crippen molar-refractivity contribution in [3.8, 4) is 11.5 Å². The van der Waals surface area contributed by atoms with E-state index >= 15 is 0 Å². The van der Waals surface area contributed by atoms with Gasteiger partial charge in [0.25, 0.3) is 0 Å². The largest absolute Gasteiger partial charge is 0.495 e. The van der Waals surface area contributed by atoms with Crippen LogP contribution in [-0.2, 0) is 10.3 Å². The van der Waals surface area contributed by atoms with Gasteiger partial charge in [0.2, 0.25) is 5.52 Å². The minimum absolute atomic E-state index is 0.0423. The Bertz CT molecular complexity index is 1340. The van der Waals surface area contributed by atoms with Gasteiger partial charge in [0.15, 0.2) is 11.2 Å². The van der Waals surface area contributed by atoms with Crippen molar-refractivity contribution >= 4 is 40.1 Å². The normalized spacial score (nSPS) is 11.9. The number of hydrogen-bond acceptors (Lipinski definition) is 5. The summed E-state index contributed by atoms with van der Waals surface area (Å²) in [7, 11) is 0. The number of carbonyl (C=O) groups is 2. The van der Waals surface area contributed by atoms with Crippen molar-refractivity contribution in [3.05, 3.63) is 65.0 Å². The summed E-state index contributed by atoms with van der Waals surface area (Å²) in [5, 5.41) is 7.10. The molecular formula is C22H19F3N5O3S+. The molecule has 0 fully saturated rings. The van der Waals surface area contributed by atoms with Crippen LogP contribution in [0, 0.1) is 0 Å². The molecule has 0 bridgehead atoms. The monoisotopic (exact) mass is 490 g/mol. The van der Waals surface area contributed by atoms with Crippen LogP contribution in [0.5, 0.6) is 0 Å². The van der Waals surface area contributed by atoms with Gasteiger partial charge in [-0.05, 0) is 36.3 Å². The van der Waals surface area contributed by atoms with E-state index in [1.54, 1.807) is 17.5 Å². The fourth-order valence-corrected chi connectivity index (χ4v) is 3.82. The minimum atomic E-state index is -5.20. The quantitative estimate of drug-likeness (QED) is 0.366. The van der Waals surface area contributed by atoms with Gasteiger partial charge in [-0.25, -0.2) is 24.4 Å². The van der Waals surface area contributed by atoms with E-state index in [-0.39, 0.29) is 22.7 Å². The molecule has 3 N–H and O–H groups in total. The highest BCUT2D eigenvalue weighted by atomic mass is 32.1. The molecule has 0 saturated carbocycles. The maximum absolute atomic E-state index is 12.9. The van der Waals surface area contributed by atoms with E-state index in [4.69, 9.17) is 0 Å². The average molecular weight is 490 g/mol. The Balaban J connectivity index is 1.64. The van der Waals surface area contributed by atoms with E-state index in [0.717, 1.165) is 10.3 Å². The standard InChI is InChI=1S/C22H18F3N5O3S/c1-21(2,13-6-4-3-5-7-13)29-20(32)27-14-8-9-15-17(10-14)30(33-19(31)22(23,24)25)18(28-15)16-11-34-12-26-16/h3-12H,1-2H3,(H2,27,29,32)/p+1. The molecule has 2 aromatic heterocycles. The number of alkyl halides is 3. The first-order valence-corrected chi connectivity index (χ1v) is 10.9. The van der Waals surface area contributed by atoms with Gasteiger partial charge in [-0.3, -0.25) is 0 Å². The van der Waals surface area contributed by atoms with E-state index in [2.05, 4.69) is 25.4 Å². The van der Waals surface area contributed by atoms with Gasteiger partial charge in [0.1, 0.15) is 0 Å². The third kappa shape index (κ3) is 4.86. The van der Waals surface area contributed by atoms with Crippen molar-refractivity contribution in [1.82, 2.24) is 15.3 Å². The van der Waals surface area contributed by atoms with Crippen LogP contribution >= 0.6 is 11.3 Å². The second kappa shape index (κ2) is 8.78. The zero-order chi connectivity index (χ0) is 24.5. The summed E-state index contributed by atoms with van der Waals surface area (Å²) in [6.45, 7) is 3.67. The molecule has 0 spiro atoms. The SMILES string of the molecule is CC(C)(NC(=O)Nc1ccc2[nH]c(-c3cscn3)[n+](OC(=O)C(F)(F)F)c2c1)c1ccccc1. The highest BCUT2D eigenvalue weighted by Crippen LogP contribution is 2.23. The molecule has 0 saturated heterocycles. The summed E-state index contributed by atoms with van der Waals surface area (Å²) >= 11 is 1.22. The number of rotatable bonds is 5. The van der Waals surface area contributed by atoms with E-state index in [1.165, 1.54) is 22.9 Å². The van der Waals surface area contributed by atoms with Gasteiger partial charge in [-0.1, -0.05) is 30.3 Å². The van der Waals surface area contributed by atoms with Crippen LogP contribution in [0.25, 0.3) is 22.6 Å². The van der Waals surface area contributed by atoms with Crippen LogP contribution < -0.4 is 20.2 Å². The molecule has 2 amide bonds. The lowest BCUT2D eigenvalue weighted by Crippen LogP contribution is -2.51. The Morgan fingerprint density at radius 2 is 1.85 bits per heavy atom. The zero-order valence-corrected chi connectivity index (χ0v) is 18.8. The van der Waals surface area contributed by atoms with E-state index in [0.29, 0.717) is 5.52 Å². The summed E-state index contributed by atoms with van der Waals surface area (Å²) in [5.74, 6) is -2.35. The van der Waals surface area contributed by atoms with Crippen LogP contribution in [0.4, 0.5) is 23.7 Å². The molecule has 2 aromatic carbocycles. The molecule has 8 nitrogen and oxygen atoms in total. The van der Waals surface area contributed by atoms with E-state index in [9.17, 15) is 22.8 Å². The minimum Gasteiger partial charge on any atom is -0.329 e. The fraction of sp³-hybridized carbons (Fsp3) is 0.182. The molecule has 176 valence electrons. The van der Waals surface area contributed by atoms with Gasteiger partial charge in [0.05, 0.1) is 11.0 Å². The van der Waals surface area contributed by atoms with Crippen LogP contribution in [0.2, 0.25) is 0 Å². The number of imidazole rings is 1. The topological polar surface area (TPSA) is 100.0 Å². The lowest BCUT2D eigenvalue weighted by Gasteiger charge is -2.27. The maximum Gasteiger partial charge on any atom is 0.495 e. The van der Waals surface area contributed by atoms with E-state index in [1.807, 2.05) is 44.2 Å². The molecule has 2 heterocycles. The van der Waals surface area contributed by atoms with E-state index < -0.39 is 23.7 Å². The van der Waals surface area contributed by atoms with Gasteiger partial charge in [-0.15, -0.1) is 11.3 Å². The maximum atomic E-state index is 12.9. The number of benzene rings is 2. The first kappa shape index (κ1) is 23.2. The summed E-state index contributed by atoms with van der Waals surface area (Å²) < 4.78 is 39.4. The van der Waals surface area contributed by atoms with Crippen molar-refractivity contribution in [3.63, 3.8) is 0 Å². The first-order valence-electron chi connectivity index (χ1n) is 9.95. The Morgan fingerprint density at radius 3 is 2.50 bits per heavy atom. The highest BCUT2D eigenvalue weighted by Gasteiger charge is 2.44. The van der Waals surface area contributed by atoms with Crippen molar-refractivity contribution in [1.29, 1.82) is 0 Å². The van der Waals surface area contributed by atoms with Gasteiger partial charge >= 0.3 is 24.0 Å². The summed E-state index contributed by atoms with van der Waals surface area (Å²) in [6.07, 6.45) is -5.20. The second-order valence-electron chi connectivity index (χ2n) is 7.82. The molecule has 0 radical (unpaired) electrons. The Labute approximate surface area is 195 Å². The number of carbonyl (C=O) groups excluding carboxylic acids is 2. The fourth-order valence-electron chi connectivity index (χ4n) is 3.28. The number of halogens is 3. The first-order chi connectivity index (χ1) is 16.0. The molecule has 34 heavy (non-hydrogen) atoms. The van der Waals surface area contributed by atoms with Crippen molar-refractivity contribution < 1.29 is 32.3 Å². The predicted octanol–water partition coefficient (Wildman–Crippen LogP) is 4.15. The second-order valence-corrected chi connectivity index (χ2v) is 8.54. The van der Waals surface area contributed by atoms with Crippen LogP contribution in [-0.4, -0.2) is 28.1 Å². The number of urea groups is 1. The number of hydrogen-bond donors (Lipinski definition) is 3. The van der Waals surface area contributed by atoms with Crippen molar-refractivity contribution in [2.24, 2.45) is 0 Å². The third-order valence-electron chi connectivity index (χ3n) is 4.93. The molecule has 4 aromatic rings. The third-order valence-corrected chi connectivity index (χ3v) is 5.52. The number of fused-ring (bicyclic) bond motifs is 1. The Hall–Kier alpha value is -3.93. The summed E-state index contributed by atoms with van der Waals surface area (Å²) in [6, 6.07) is 13.3. The van der Waals surface area contributed by atoms with Gasteiger partial charge in [0, 0.05) is 17.1 Å². The number of nitrogens with one attached hydrogen (secondary N) is 3. The Morgan fingerprint density at radius 1 is 1.12 bits per heavy atom. The number of amides is 2. The average Bonchev–Trinajstić information content (AvgIpc) is 3.41. The zero-order valence-electron chi connectivity index (χ0n) is 17.9. The molecule has 0 unspecified atom stereocenters. The molecule has 12 heteroatoms. The van der Waals surface area contributed by atoms with Gasteiger partial charge < -0.3 is 10.6 Å². The molecule has 0 atom stereocenters. The number of H-pyrrole nitrogens is 1. The Kier molecular flexibility index (Phi) is 6.00. The smallest absolute Gasteiger partial charge is 0.329 e. The lowest BCUT2D eigenvalue weighted by atomic mass is 9.95. The molecule has 0 aliphatic carbocycles. The number of aromatic amines is 1. The van der Waals surface area contributed by atoms with Gasteiger partial charge in [-0.2, -0.15) is 13.2 Å².